The molecular weight excluding hydrogens is 398 g/mol. The first kappa shape index (κ1) is 22.2. The molecule has 0 spiro atoms. The van der Waals surface area contributed by atoms with E-state index in [0.29, 0.717) is 5.75 Å². The SMILES string of the molecule is COc1ccc(NC(=O)CNC(=O)COc2ccccc2)cc1S(=O)(=O)N(C)C. The van der Waals surface area contributed by atoms with E-state index in [2.05, 4.69) is 10.6 Å². The molecule has 156 valence electrons. The van der Waals surface area contributed by atoms with E-state index in [1.54, 1.807) is 24.3 Å². The van der Waals surface area contributed by atoms with Crippen molar-refractivity contribution in [2.24, 2.45) is 0 Å². The van der Waals surface area contributed by atoms with Crippen molar-refractivity contribution in [1.82, 2.24) is 9.62 Å². The molecule has 0 bridgehead atoms. The van der Waals surface area contributed by atoms with Crippen LogP contribution in [0.3, 0.4) is 0 Å². The molecule has 0 radical (unpaired) electrons. The second-order valence-electron chi connectivity index (χ2n) is 6.08. The predicted octanol–water partition coefficient (Wildman–Crippen LogP) is 1.08. The average Bonchev–Trinajstić information content (AvgIpc) is 2.71. The topological polar surface area (TPSA) is 114 Å². The zero-order valence-corrected chi connectivity index (χ0v) is 17.2. The third kappa shape index (κ3) is 6.19. The van der Waals surface area contributed by atoms with E-state index in [-0.39, 0.29) is 29.5 Å². The van der Waals surface area contributed by atoms with Crippen molar-refractivity contribution in [3.8, 4) is 11.5 Å². The minimum atomic E-state index is -3.77. The Bertz CT molecular complexity index is 961. The molecule has 2 aromatic carbocycles. The Labute approximate surface area is 169 Å². The van der Waals surface area contributed by atoms with Gasteiger partial charge >= 0.3 is 0 Å². The van der Waals surface area contributed by atoms with Crippen LogP contribution in [0.15, 0.2) is 53.4 Å². The second-order valence-corrected chi connectivity index (χ2v) is 8.20. The van der Waals surface area contributed by atoms with Crippen LogP contribution in [0, 0.1) is 0 Å². The molecule has 0 atom stereocenters. The fraction of sp³-hybridized carbons (Fsp3) is 0.263. The maximum Gasteiger partial charge on any atom is 0.258 e. The van der Waals surface area contributed by atoms with Gasteiger partial charge in [0.15, 0.2) is 6.61 Å². The number of methoxy groups -OCH3 is 1. The van der Waals surface area contributed by atoms with E-state index in [9.17, 15) is 18.0 Å². The van der Waals surface area contributed by atoms with Gasteiger partial charge in [0.1, 0.15) is 16.4 Å². The largest absolute Gasteiger partial charge is 0.495 e. The molecule has 0 aliphatic carbocycles. The number of hydrogen-bond donors (Lipinski definition) is 2. The molecule has 2 amide bonds. The highest BCUT2D eigenvalue weighted by molar-refractivity contribution is 7.89. The lowest BCUT2D eigenvalue weighted by Crippen LogP contribution is -2.35. The molecule has 2 aromatic rings. The zero-order chi connectivity index (χ0) is 21.4. The van der Waals surface area contributed by atoms with Gasteiger partial charge < -0.3 is 20.1 Å². The van der Waals surface area contributed by atoms with Crippen LogP contribution in [0.1, 0.15) is 0 Å². The molecule has 0 aliphatic rings. The van der Waals surface area contributed by atoms with Crippen LogP contribution in [0.4, 0.5) is 5.69 Å². The van der Waals surface area contributed by atoms with Crippen molar-refractivity contribution in [3.63, 3.8) is 0 Å². The normalized spacial score (nSPS) is 11.0. The number of hydrogen-bond acceptors (Lipinski definition) is 6. The summed E-state index contributed by atoms with van der Waals surface area (Å²) >= 11 is 0. The van der Waals surface area contributed by atoms with Crippen molar-refractivity contribution in [3.05, 3.63) is 48.5 Å². The van der Waals surface area contributed by atoms with Gasteiger partial charge in [-0.2, -0.15) is 0 Å². The van der Waals surface area contributed by atoms with E-state index >= 15 is 0 Å². The van der Waals surface area contributed by atoms with Gasteiger partial charge in [-0.05, 0) is 30.3 Å². The van der Waals surface area contributed by atoms with Gasteiger partial charge in [-0.3, -0.25) is 9.59 Å². The molecule has 0 unspecified atom stereocenters. The fourth-order valence-electron chi connectivity index (χ4n) is 2.25. The van der Waals surface area contributed by atoms with Crippen LogP contribution in [0.5, 0.6) is 11.5 Å². The van der Waals surface area contributed by atoms with Gasteiger partial charge in [-0.1, -0.05) is 18.2 Å². The smallest absolute Gasteiger partial charge is 0.258 e. The van der Waals surface area contributed by atoms with Gasteiger partial charge in [0.05, 0.1) is 13.7 Å². The minimum Gasteiger partial charge on any atom is -0.495 e. The quantitative estimate of drug-likeness (QED) is 0.626. The number of carbonyl (C=O) groups is 2. The summed E-state index contributed by atoms with van der Waals surface area (Å²) in [6.45, 7) is -0.524. The Kier molecular flexibility index (Phi) is 7.57. The highest BCUT2D eigenvalue weighted by atomic mass is 32.2. The summed E-state index contributed by atoms with van der Waals surface area (Å²) in [6, 6.07) is 13.1. The van der Waals surface area contributed by atoms with Crippen molar-refractivity contribution < 1.29 is 27.5 Å². The number of amides is 2. The number of ether oxygens (including phenoxy) is 2. The summed E-state index contributed by atoms with van der Waals surface area (Å²) in [4.78, 5) is 23.8. The maximum atomic E-state index is 12.4. The monoisotopic (exact) mass is 421 g/mol. The number of nitrogens with zero attached hydrogens (tertiary/aromatic N) is 1. The third-order valence-corrected chi connectivity index (χ3v) is 5.60. The summed E-state index contributed by atoms with van der Waals surface area (Å²) in [6.07, 6.45) is 0. The molecule has 0 aromatic heterocycles. The number of nitrogens with one attached hydrogen (secondary N) is 2. The number of para-hydroxylation sites is 1. The van der Waals surface area contributed by atoms with Crippen LogP contribution in [-0.2, 0) is 19.6 Å². The van der Waals surface area contributed by atoms with Crippen molar-refractivity contribution in [1.29, 1.82) is 0 Å². The van der Waals surface area contributed by atoms with Gasteiger partial charge in [0.2, 0.25) is 15.9 Å². The van der Waals surface area contributed by atoms with Crippen LogP contribution in [0.2, 0.25) is 0 Å². The molecule has 2 rings (SSSR count). The van der Waals surface area contributed by atoms with E-state index in [4.69, 9.17) is 9.47 Å². The molecule has 0 saturated heterocycles. The summed E-state index contributed by atoms with van der Waals surface area (Å²) in [5.74, 6) is -0.283. The summed E-state index contributed by atoms with van der Waals surface area (Å²) in [5.41, 5.74) is 0.256. The van der Waals surface area contributed by atoms with Gasteiger partial charge in [-0.25, -0.2) is 12.7 Å². The Morgan fingerprint density at radius 2 is 1.72 bits per heavy atom. The van der Waals surface area contributed by atoms with Gasteiger partial charge in [0, 0.05) is 19.8 Å². The van der Waals surface area contributed by atoms with Crippen LogP contribution in [0.25, 0.3) is 0 Å². The lowest BCUT2D eigenvalue weighted by atomic mass is 10.3. The molecule has 10 heteroatoms. The average molecular weight is 421 g/mol. The fourth-order valence-corrected chi connectivity index (χ4v) is 3.33. The highest BCUT2D eigenvalue weighted by Gasteiger charge is 2.23. The van der Waals surface area contributed by atoms with Crippen molar-refractivity contribution in [2.45, 2.75) is 4.90 Å². The van der Waals surface area contributed by atoms with Crippen molar-refractivity contribution in [2.75, 3.05) is 39.7 Å². The molecule has 29 heavy (non-hydrogen) atoms. The first-order valence-corrected chi connectivity index (χ1v) is 10.0. The Balaban J connectivity index is 1.94. The lowest BCUT2D eigenvalue weighted by molar-refractivity contribution is -0.125. The number of benzene rings is 2. The van der Waals surface area contributed by atoms with E-state index in [0.717, 1.165) is 4.31 Å². The van der Waals surface area contributed by atoms with Gasteiger partial charge in [0.25, 0.3) is 5.91 Å². The second kappa shape index (κ2) is 9.89. The highest BCUT2D eigenvalue weighted by Crippen LogP contribution is 2.28. The molecular formula is C19H23N3O6S. The number of sulfonamides is 1. The molecule has 0 fully saturated rings. The van der Waals surface area contributed by atoms with Crippen LogP contribution >= 0.6 is 0 Å². The summed E-state index contributed by atoms with van der Waals surface area (Å²) in [7, 11) is 0.382. The summed E-state index contributed by atoms with van der Waals surface area (Å²) in [5, 5.41) is 4.97. The van der Waals surface area contributed by atoms with Crippen LogP contribution in [-0.4, -0.2) is 58.9 Å². The number of rotatable bonds is 9. The zero-order valence-electron chi connectivity index (χ0n) is 16.3. The molecule has 0 heterocycles. The maximum absolute atomic E-state index is 12.4. The number of carbonyl (C=O) groups excluding carboxylic acids is 2. The Morgan fingerprint density at radius 1 is 1.03 bits per heavy atom. The predicted molar refractivity (Wildman–Crippen MR) is 107 cm³/mol. The standard InChI is InChI=1S/C19H23N3O6S/c1-22(2)29(25,26)17-11-14(9-10-16(17)27-3)21-18(23)12-20-19(24)13-28-15-7-5-4-6-8-15/h4-11H,12-13H2,1-3H3,(H,20,24)(H,21,23). The Morgan fingerprint density at radius 3 is 2.34 bits per heavy atom. The Hall–Kier alpha value is -3.11. The third-order valence-electron chi connectivity index (χ3n) is 3.77. The molecule has 0 aliphatic heterocycles. The van der Waals surface area contributed by atoms with Crippen molar-refractivity contribution >= 4 is 27.5 Å². The number of anilines is 1. The molecule has 9 nitrogen and oxygen atoms in total. The van der Waals surface area contributed by atoms with E-state index in [1.807, 2.05) is 6.07 Å². The summed E-state index contributed by atoms with van der Waals surface area (Å²) < 4.78 is 36.3. The van der Waals surface area contributed by atoms with E-state index < -0.39 is 21.8 Å². The van der Waals surface area contributed by atoms with E-state index in [1.165, 1.54) is 39.4 Å². The molecule has 0 saturated carbocycles. The van der Waals surface area contributed by atoms with Gasteiger partial charge in [-0.15, -0.1) is 0 Å². The lowest BCUT2D eigenvalue weighted by Gasteiger charge is -2.16. The molecule has 2 N–H and O–H groups in total. The first-order chi connectivity index (χ1) is 13.7. The minimum absolute atomic E-state index is 0.0805. The van der Waals surface area contributed by atoms with Crippen LogP contribution < -0.4 is 20.1 Å². The first-order valence-electron chi connectivity index (χ1n) is 8.59.